The molecule has 0 spiro atoms. The first kappa shape index (κ1) is 27.1. The molecule has 1 aliphatic rings. The molecule has 0 saturated heterocycles. The van der Waals surface area contributed by atoms with E-state index in [9.17, 15) is 14.4 Å². The molecule has 0 bridgehead atoms. The summed E-state index contributed by atoms with van der Waals surface area (Å²) >= 11 is 0. The number of nitrogens with zero attached hydrogens (tertiary/aromatic N) is 4. The maximum Gasteiger partial charge on any atom is 0.249 e. The molecule has 3 aromatic carbocycles. The SMILES string of the molecule is CCOc1ccccc1[C@@H](C(=O)NC1CCCC1)N(C(=O)Cn1nnc2ccccc21)c1ccccc1C(C)=O. The molecular weight excluding hydrogens is 506 g/mol. The van der Waals surface area contributed by atoms with E-state index in [2.05, 4.69) is 15.6 Å². The summed E-state index contributed by atoms with van der Waals surface area (Å²) in [5, 5.41) is 11.6. The van der Waals surface area contributed by atoms with Crippen LogP contribution in [0.5, 0.6) is 5.75 Å². The summed E-state index contributed by atoms with van der Waals surface area (Å²) in [6.45, 7) is 3.52. The van der Waals surface area contributed by atoms with Crippen molar-refractivity contribution < 1.29 is 19.1 Å². The number of benzene rings is 3. The number of nitrogens with one attached hydrogen (secondary N) is 1. The van der Waals surface area contributed by atoms with E-state index in [1.165, 1.54) is 16.5 Å². The van der Waals surface area contributed by atoms with Crippen LogP contribution >= 0.6 is 0 Å². The van der Waals surface area contributed by atoms with Gasteiger partial charge in [-0.1, -0.05) is 60.5 Å². The zero-order valence-electron chi connectivity index (χ0n) is 22.7. The minimum atomic E-state index is -1.09. The third-order valence-electron chi connectivity index (χ3n) is 7.24. The predicted octanol–water partition coefficient (Wildman–Crippen LogP) is 4.87. The van der Waals surface area contributed by atoms with Gasteiger partial charge in [-0.15, -0.1) is 5.10 Å². The number of para-hydroxylation sites is 3. The lowest BCUT2D eigenvalue weighted by molar-refractivity contribution is -0.127. The molecule has 9 heteroatoms. The number of amides is 2. The Balaban J connectivity index is 1.66. The van der Waals surface area contributed by atoms with Gasteiger partial charge in [0.05, 0.1) is 17.8 Å². The molecule has 1 heterocycles. The van der Waals surface area contributed by atoms with Crippen LogP contribution in [0.2, 0.25) is 0 Å². The van der Waals surface area contributed by atoms with Crippen molar-refractivity contribution in [2.24, 2.45) is 0 Å². The molecule has 1 aliphatic carbocycles. The fourth-order valence-electron chi connectivity index (χ4n) is 5.38. The number of Topliss-reactive ketones (excluding diaryl/α,β-unsaturated/α-hetero) is 1. The Morgan fingerprint density at radius 1 is 1.00 bits per heavy atom. The number of fused-ring (bicyclic) bond motifs is 1. The highest BCUT2D eigenvalue weighted by molar-refractivity contribution is 6.08. The lowest BCUT2D eigenvalue weighted by Gasteiger charge is -2.34. The topological polar surface area (TPSA) is 106 Å². The monoisotopic (exact) mass is 539 g/mol. The summed E-state index contributed by atoms with van der Waals surface area (Å²) in [6.07, 6.45) is 3.85. The largest absolute Gasteiger partial charge is 0.493 e. The van der Waals surface area contributed by atoms with E-state index in [1.807, 2.05) is 43.3 Å². The molecule has 0 unspecified atom stereocenters. The highest BCUT2D eigenvalue weighted by Crippen LogP contribution is 2.36. The zero-order chi connectivity index (χ0) is 28.1. The summed E-state index contributed by atoms with van der Waals surface area (Å²) in [5.41, 5.74) is 2.57. The van der Waals surface area contributed by atoms with Crippen molar-refractivity contribution in [3.8, 4) is 5.75 Å². The van der Waals surface area contributed by atoms with Crippen LogP contribution in [0.3, 0.4) is 0 Å². The Kier molecular flexibility index (Phi) is 8.19. The standard InChI is InChI=1S/C31H33N5O4/c1-3-40-28-19-11-7-15-24(28)30(31(39)32-22-12-4-5-13-22)36(26-17-9-6-14-23(26)21(2)37)29(38)20-35-27-18-10-8-16-25(27)33-34-35/h6-11,14-19,22,30H,3-5,12-13,20H2,1-2H3,(H,32,39)/t30-/m0/s1. The van der Waals surface area contributed by atoms with E-state index in [0.717, 1.165) is 25.7 Å². The van der Waals surface area contributed by atoms with Crippen LogP contribution < -0.4 is 15.0 Å². The smallest absolute Gasteiger partial charge is 0.249 e. The van der Waals surface area contributed by atoms with E-state index in [-0.39, 0.29) is 24.3 Å². The molecule has 2 amide bonds. The second kappa shape index (κ2) is 12.1. The molecule has 4 aromatic rings. The Labute approximate surface area is 233 Å². The fraction of sp³-hybridized carbons (Fsp3) is 0.323. The van der Waals surface area contributed by atoms with E-state index < -0.39 is 11.9 Å². The molecule has 40 heavy (non-hydrogen) atoms. The van der Waals surface area contributed by atoms with Crippen molar-refractivity contribution in [3.63, 3.8) is 0 Å². The van der Waals surface area contributed by atoms with E-state index >= 15 is 0 Å². The molecule has 1 atom stereocenters. The van der Waals surface area contributed by atoms with Gasteiger partial charge >= 0.3 is 0 Å². The van der Waals surface area contributed by atoms with Gasteiger partial charge in [0.2, 0.25) is 11.8 Å². The first-order chi connectivity index (χ1) is 19.5. The number of carbonyl (C=O) groups excluding carboxylic acids is 3. The van der Waals surface area contributed by atoms with Gasteiger partial charge in [0.25, 0.3) is 0 Å². The van der Waals surface area contributed by atoms with Crippen molar-refractivity contribution in [3.05, 3.63) is 83.9 Å². The third-order valence-corrected chi connectivity index (χ3v) is 7.24. The highest BCUT2D eigenvalue weighted by Gasteiger charge is 2.37. The first-order valence-electron chi connectivity index (χ1n) is 13.7. The molecule has 9 nitrogen and oxygen atoms in total. The Hall–Kier alpha value is -4.53. The zero-order valence-corrected chi connectivity index (χ0v) is 22.7. The van der Waals surface area contributed by atoms with Crippen molar-refractivity contribution in [1.29, 1.82) is 0 Å². The van der Waals surface area contributed by atoms with Crippen molar-refractivity contribution in [2.75, 3.05) is 11.5 Å². The van der Waals surface area contributed by atoms with Gasteiger partial charge in [-0.3, -0.25) is 19.3 Å². The molecule has 1 N–H and O–H groups in total. The lowest BCUT2D eigenvalue weighted by atomic mass is 9.99. The first-order valence-corrected chi connectivity index (χ1v) is 13.7. The molecule has 1 saturated carbocycles. The quantitative estimate of drug-likeness (QED) is 0.288. The number of anilines is 1. The van der Waals surface area contributed by atoms with Crippen LogP contribution in [0.15, 0.2) is 72.8 Å². The number of aromatic nitrogens is 3. The van der Waals surface area contributed by atoms with Gasteiger partial charge in [0.1, 0.15) is 23.9 Å². The summed E-state index contributed by atoms with van der Waals surface area (Å²) in [7, 11) is 0. The Morgan fingerprint density at radius 2 is 1.70 bits per heavy atom. The Bertz CT molecular complexity index is 1520. The summed E-state index contributed by atoms with van der Waals surface area (Å²) in [6, 6.07) is 20.4. The average molecular weight is 540 g/mol. The second-order valence-corrected chi connectivity index (χ2v) is 9.94. The number of hydrogen-bond donors (Lipinski definition) is 1. The van der Waals surface area contributed by atoms with E-state index in [0.29, 0.717) is 40.2 Å². The van der Waals surface area contributed by atoms with Gasteiger partial charge < -0.3 is 10.1 Å². The van der Waals surface area contributed by atoms with Gasteiger partial charge in [0, 0.05) is 17.2 Å². The second-order valence-electron chi connectivity index (χ2n) is 9.94. The van der Waals surface area contributed by atoms with Crippen LogP contribution in [0.25, 0.3) is 11.0 Å². The van der Waals surface area contributed by atoms with Crippen LogP contribution in [0.4, 0.5) is 5.69 Å². The maximum atomic E-state index is 14.4. The summed E-state index contributed by atoms with van der Waals surface area (Å²) in [5.74, 6) is -0.454. The van der Waals surface area contributed by atoms with Crippen LogP contribution in [0, 0.1) is 0 Å². The normalized spacial score (nSPS) is 14.2. The number of rotatable bonds is 10. The molecule has 1 aromatic heterocycles. The third kappa shape index (κ3) is 5.59. The number of carbonyl (C=O) groups is 3. The minimum absolute atomic E-state index is 0.0218. The number of ketones is 1. The molecule has 206 valence electrons. The molecule has 5 rings (SSSR count). The molecule has 0 radical (unpaired) electrons. The fourth-order valence-corrected chi connectivity index (χ4v) is 5.38. The van der Waals surface area contributed by atoms with Crippen molar-refractivity contribution in [2.45, 2.75) is 58.2 Å². The average Bonchev–Trinajstić information content (AvgIpc) is 3.62. The molecular formula is C31H33N5O4. The van der Waals surface area contributed by atoms with Gasteiger partial charge in [-0.25, -0.2) is 4.68 Å². The Morgan fingerprint density at radius 3 is 2.48 bits per heavy atom. The highest BCUT2D eigenvalue weighted by atomic mass is 16.5. The summed E-state index contributed by atoms with van der Waals surface area (Å²) in [4.78, 5) is 42.7. The number of hydrogen-bond acceptors (Lipinski definition) is 6. The van der Waals surface area contributed by atoms with Gasteiger partial charge in [0.15, 0.2) is 5.78 Å². The lowest BCUT2D eigenvalue weighted by Crippen LogP contribution is -2.48. The van der Waals surface area contributed by atoms with E-state index in [4.69, 9.17) is 4.74 Å². The molecule has 0 aliphatic heterocycles. The predicted molar refractivity (Wildman–Crippen MR) is 152 cm³/mol. The minimum Gasteiger partial charge on any atom is -0.493 e. The van der Waals surface area contributed by atoms with Crippen molar-refractivity contribution in [1.82, 2.24) is 20.3 Å². The maximum absolute atomic E-state index is 14.4. The van der Waals surface area contributed by atoms with Crippen LogP contribution in [-0.4, -0.2) is 45.2 Å². The van der Waals surface area contributed by atoms with Gasteiger partial charge in [-0.05, 0) is 57.0 Å². The van der Waals surface area contributed by atoms with Crippen LogP contribution in [0.1, 0.15) is 61.5 Å². The molecule has 1 fully saturated rings. The summed E-state index contributed by atoms with van der Waals surface area (Å²) < 4.78 is 7.45. The van der Waals surface area contributed by atoms with Crippen molar-refractivity contribution >= 4 is 34.3 Å². The van der Waals surface area contributed by atoms with Crippen LogP contribution in [-0.2, 0) is 16.1 Å². The number of ether oxygens (including phenoxy) is 1. The van der Waals surface area contributed by atoms with E-state index in [1.54, 1.807) is 36.4 Å². The van der Waals surface area contributed by atoms with Gasteiger partial charge in [-0.2, -0.15) is 0 Å².